The maximum absolute atomic E-state index is 13.3. The van der Waals surface area contributed by atoms with Gasteiger partial charge in [0, 0.05) is 40.8 Å². The van der Waals surface area contributed by atoms with Crippen LogP contribution in [0.15, 0.2) is 52.3 Å². The van der Waals surface area contributed by atoms with E-state index in [1.54, 1.807) is 4.90 Å². The molecule has 2 aromatic carbocycles. The molecule has 1 saturated heterocycles. The van der Waals surface area contributed by atoms with Crippen LogP contribution in [0.1, 0.15) is 35.8 Å². The fraction of sp³-hybridized carbons (Fsp3) is 0.364. The van der Waals surface area contributed by atoms with Gasteiger partial charge in [0.05, 0.1) is 12.5 Å². The zero-order valence-corrected chi connectivity index (χ0v) is 20.2. The minimum atomic E-state index is -0.465. The summed E-state index contributed by atoms with van der Waals surface area (Å²) < 4.78 is 11.8. The smallest absolute Gasteiger partial charge is 0.314 e. The van der Waals surface area contributed by atoms with Gasteiger partial charge in [-0.15, -0.1) is 0 Å². The van der Waals surface area contributed by atoms with Gasteiger partial charge in [0.1, 0.15) is 11.9 Å². The summed E-state index contributed by atoms with van der Waals surface area (Å²) in [5, 5.41) is 0. The van der Waals surface area contributed by atoms with Gasteiger partial charge >= 0.3 is 12.0 Å². The van der Waals surface area contributed by atoms with Crippen molar-refractivity contribution in [3.63, 3.8) is 0 Å². The highest BCUT2D eigenvalue weighted by molar-refractivity contribution is 8.23. The number of urea groups is 1. The number of likely N-dealkylation sites (tertiary alicyclic amines) is 1. The molecular formula is C22H22Cl2N2O4S2. The Kier molecular flexibility index (Phi) is 7.66. The summed E-state index contributed by atoms with van der Waals surface area (Å²) in [6.45, 7) is 1.27. The van der Waals surface area contributed by atoms with Gasteiger partial charge in [-0.3, -0.25) is 4.79 Å². The Labute approximate surface area is 204 Å². The van der Waals surface area contributed by atoms with Crippen molar-refractivity contribution in [2.45, 2.75) is 40.6 Å². The highest BCUT2D eigenvalue weighted by atomic mass is 35.7. The second-order valence-corrected chi connectivity index (χ2v) is 9.86. The lowest BCUT2D eigenvalue weighted by atomic mass is 9.87. The molecule has 10 heteroatoms. The van der Waals surface area contributed by atoms with Crippen LogP contribution in [0.2, 0.25) is 0 Å². The molecule has 32 heavy (non-hydrogen) atoms. The molecule has 0 spiro atoms. The molecular weight excluding hydrogens is 491 g/mol. The topological polar surface area (TPSA) is 81.9 Å². The Morgan fingerprint density at radius 3 is 2.50 bits per heavy atom. The first kappa shape index (κ1) is 23.4. The van der Waals surface area contributed by atoms with E-state index in [4.69, 9.17) is 36.6 Å². The van der Waals surface area contributed by atoms with Crippen LogP contribution in [0, 0.1) is 0 Å². The summed E-state index contributed by atoms with van der Waals surface area (Å²) in [5.41, 5.74) is 7.28. The molecule has 0 aliphatic carbocycles. The monoisotopic (exact) mass is 512 g/mol. The second-order valence-electron chi connectivity index (χ2n) is 7.75. The van der Waals surface area contributed by atoms with Gasteiger partial charge in [-0.1, -0.05) is 30.3 Å². The minimum absolute atomic E-state index is 0.148. The molecule has 2 aliphatic heterocycles. The zero-order chi connectivity index (χ0) is 22.7. The average molecular weight is 513 g/mol. The van der Waals surface area contributed by atoms with Crippen LogP contribution in [0.4, 0.5) is 4.79 Å². The molecule has 170 valence electrons. The fourth-order valence-corrected chi connectivity index (χ4v) is 6.17. The average Bonchev–Trinajstić information content (AvgIpc) is 2.83. The summed E-state index contributed by atoms with van der Waals surface area (Å²) in [6, 6.07) is 13.0. The highest BCUT2D eigenvalue weighted by Gasteiger charge is 2.37. The zero-order valence-electron chi connectivity index (χ0n) is 17.0. The number of hydrogen-bond acceptors (Lipinski definition) is 6. The minimum Gasteiger partial charge on any atom is -0.493 e. The number of nitrogens with zero attached hydrogens (tertiary/aromatic N) is 1. The molecule has 2 aliphatic rings. The van der Waals surface area contributed by atoms with Crippen molar-refractivity contribution in [3.8, 4) is 5.75 Å². The van der Waals surface area contributed by atoms with E-state index in [0.717, 1.165) is 42.9 Å². The third kappa shape index (κ3) is 4.93. The molecule has 1 fully saturated rings. The Hall–Kier alpha value is -1.74. The maximum Gasteiger partial charge on any atom is 0.314 e. The van der Waals surface area contributed by atoms with E-state index < -0.39 is 11.9 Å². The molecule has 0 saturated carbocycles. The van der Waals surface area contributed by atoms with Gasteiger partial charge in [0.2, 0.25) is 0 Å². The Bertz CT molecular complexity index is 995. The summed E-state index contributed by atoms with van der Waals surface area (Å²) >= 11 is 0. The molecule has 6 nitrogen and oxygen atoms in total. The first-order chi connectivity index (χ1) is 15.5. The lowest BCUT2D eigenvalue weighted by Crippen LogP contribution is -2.48. The molecule has 2 heterocycles. The summed E-state index contributed by atoms with van der Waals surface area (Å²) in [5.74, 6) is -0.283. The quantitative estimate of drug-likeness (QED) is 0.530. The number of primary amides is 1. The van der Waals surface area contributed by atoms with E-state index in [9.17, 15) is 9.59 Å². The molecule has 3 unspecified atom stereocenters. The molecule has 2 N–H and O–H groups in total. The molecule has 2 aromatic rings. The molecule has 0 radical (unpaired) electrons. The van der Waals surface area contributed by atoms with Crippen molar-refractivity contribution in [2.24, 2.45) is 5.73 Å². The van der Waals surface area contributed by atoms with E-state index in [-0.39, 0.29) is 18.0 Å². The number of piperidine rings is 1. The first-order valence-electron chi connectivity index (χ1n) is 10.2. The molecule has 3 atom stereocenters. The fourth-order valence-electron chi connectivity index (χ4n) is 4.29. The van der Waals surface area contributed by atoms with Crippen LogP contribution in [-0.4, -0.2) is 42.7 Å². The lowest BCUT2D eigenvalue weighted by Gasteiger charge is -2.38. The number of nitrogens with two attached hydrogens (primary N) is 1. The van der Waals surface area contributed by atoms with Crippen LogP contribution >= 0.6 is 43.3 Å². The van der Waals surface area contributed by atoms with Crippen molar-refractivity contribution in [1.29, 1.82) is 0 Å². The number of esters is 1. The number of rotatable bonds is 5. The molecule has 2 amide bonds. The predicted molar refractivity (Wildman–Crippen MR) is 128 cm³/mol. The van der Waals surface area contributed by atoms with Crippen molar-refractivity contribution < 1.29 is 19.1 Å². The van der Waals surface area contributed by atoms with E-state index in [2.05, 4.69) is 0 Å². The van der Waals surface area contributed by atoms with E-state index in [0.29, 0.717) is 38.3 Å². The summed E-state index contributed by atoms with van der Waals surface area (Å²) in [7, 11) is 14.1. The number of fused-ring (bicyclic) bond motifs is 1. The van der Waals surface area contributed by atoms with Crippen LogP contribution in [-0.2, 0) is 9.53 Å². The van der Waals surface area contributed by atoms with Crippen LogP contribution < -0.4 is 10.5 Å². The van der Waals surface area contributed by atoms with Gasteiger partial charge in [0.15, 0.2) is 0 Å². The normalized spacial score (nSPS) is 22.6. The first-order valence-corrected chi connectivity index (χ1v) is 13.5. The van der Waals surface area contributed by atoms with Crippen LogP contribution in [0.3, 0.4) is 0 Å². The molecule has 0 bridgehead atoms. The van der Waals surface area contributed by atoms with Gasteiger partial charge in [-0.05, 0) is 67.4 Å². The van der Waals surface area contributed by atoms with Crippen molar-refractivity contribution in [1.82, 2.24) is 4.90 Å². The highest BCUT2D eigenvalue weighted by Crippen LogP contribution is 2.44. The number of halogens is 2. The standard InChI is InChI=1S/C22H22Cl2N2O4S2/c23-31-19-10-15-14(7-9-29-18(15)11-20(19)32-24)21(27)30-17-6-8-26(22(25)28)12-16(17)13-4-2-1-3-5-13/h1-5,10-11,14,16-17H,6-9,12H2,(H2,25,28). The second kappa shape index (κ2) is 10.5. The number of carbonyl (C=O) groups excluding carboxylic acids is 2. The van der Waals surface area contributed by atoms with E-state index in [1.165, 1.54) is 0 Å². The van der Waals surface area contributed by atoms with Crippen LogP contribution in [0.5, 0.6) is 5.75 Å². The van der Waals surface area contributed by atoms with Crippen molar-refractivity contribution in [3.05, 3.63) is 53.6 Å². The Balaban J connectivity index is 1.57. The van der Waals surface area contributed by atoms with E-state index >= 15 is 0 Å². The number of hydrogen-bond donors (Lipinski definition) is 1. The van der Waals surface area contributed by atoms with Gasteiger partial charge < -0.3 is 20.1 Å². The van der Waals surface area contributed by atoms with Crippen molar-refractivity contribution in [2.75, 3.05) is 19.7 Å². The summed E-state index contributed by atoms with van der Waals surface area (Å²) in [6.07, 6.45) is 0.683. The Morgan fingerprint density at radius 1 is 1.09 bits per heavy atom. The molecule has 0 aromatic heterocycles. The predicted octanol–water partition coefficient (Wildman–Crippen LogP) is 5.52. The largest absolute Gasteiger partial charge is 0.493 e. The lowest BCUT2D eigenvalue weighted by molar-refractivity contribution is -0.154. The number of ether oxygens (including phenoxy) is 2. The molecule has 4 rings (SSSR count). The maximum atomic E-state index is 13.3. The number of amides is 2. The van der Waals surface area contributed by atoms with Gasteiger partial charge in [0.25, 0.3) is 0 Å². The SMILES string of the molecule is NC(=O)N1CCC(OC(=O)C2CCOc3cc(SCl)c(SCl)cc32)C(c2ccccc2)C1. The summed E-state index contributed by atoms with van der Waals surface area (Å²) in [4.78, 5) is 28.2. The van der Waals surface area contributed by atoms with Gasteiger partial charge in [-0.25, -0.2) is 4.79 Å². The Morgan fingerprint density at radius 2 is 1.81 bits per heavy atom. The van der Waals surface area contributed by atoms with Crippen LogP contribution in [0.25, 0.3) is 0 Å². The third-order valence-electron chi connectivity index (χ3n) is 5.92. The number of carbonyl (C=O) groups is 2. The van der Waals surface area contributed by atoms with Gasteiger partial charge in [-0.2, -0.15) is 0 Å². The number of benzene rings is 2. The third-order valence-corrected chi connectivity index (χ3v) is 8.06. The van der Waals surface area contributed by atoms with E-state index in [1.807, 2.05) is 42.5 Å². The van der Waals surface area contributed by atoms with Crippen molar-refractivity contribution >= 4 is 55.3 Å².